The first-order valence-corrected chi connectivity index (χ1v) is 10.2. The van der Waals surface area contributed by atoms with Crippen molar-refractivity contribution < 1.29 is 20.1 Å². The Morgan fingerprint density at radius 3 is 2.71 bits per heavy atom. The quantitative estimate of drug-likeness (QED) is 0.431. The van der Waals surface area contributed by atoms with Gasteiger partial charge < -0.3 is 25.4 Å². The van der Waals surface area contributed by atoms with Crippen molar-refractivity contribution in [1.29, 1.82) is 5.26 Å². The molecule has 31 heavy (non-hydrogen) atoms. The lowest BCUT2D eigenvalue weighted by atomic mass is 10.1. The maximum absolute atomic E-state index is 10.5. The van der Waals surface area contributed by atoms with Gasteiger partial charge in [-0.3, -0.25) is 4.57 Å². The van der Waals surface area contributed by atoms with Gasteiger partial charge >= 0.3 is 0 Å². The summed E-state index contributed by atoms with van der Waals surface area (Å²) in [7, 11) is 0. The molecule has 1 saturated carbocycles. The van der Waals surface area contributed by atoms with E-state index in [2.05, 4.69) is 25.4 Å². The minimum absolute atomic E-state index is 0.225. The van der Waals surface area contributed by atoms with Crippen LogP contribution >= 0.6 is 0 Å². The van der Waals surface area contributed by atoms with Crippen molar-refractivity contribution in [3.05, 3.63) is 24.3 Å². The second-order valence-corrected chi connectivity index (χ2v) is 7.81. The van der Waals surface area contributed by atoms with Gasteiger partial charge in [0.1, 0.15) is 24.4 Å². The van der Waals surface area contributed by atoms with Crippen molar-refractivity contribution in [1.82, 2.24) is 29.3 Å². The predicted molar refractivity (Wildman–Crippen MR) is 106 cm³/mol. The fourth-order valence-electron chi connectivity index (χ4n) is 4.16. The number of fused-ring (bicyclic) bond motifs is 1. The second-order valence-electron chi connectivity index (χ2n) is 7.81. The van der Waals surface area contributed by atoms with E-state index in [0.29, 0.717) is 17.0 Å². The maximum atomic E-state index is 10.5. The van der Waals surface area contributed by atoms with Crippen LogP contribution in [0.5, 0.6) is 0 Å². The fraction of sp³-hybridized carbons (Fsp3) is 0.526. The molecule has 4 atom stereocenters. The number of aliphatic hydroxyl groups excluding tert-OH is 3. The molecule has 0 aromatic carbocycles. The number of nitriles is 1. The minimum atomic E-state index is -1.27. The van der Waals surface area contributed by atoms with Crippen LogP contribution in [0.25, 0.3) is 17.1 Å². The molecule has 0 radical (unpaired) electrons. The first-order valence-electron chi connectivity index (χ1n) is 10.2. The number of aromatic nitrogens is 6. The molecule has 12 nitrogen and oxygen atoms in total. The van der Waals surface area contributed by atoms with E-state index in [9.17, 15) is 15.3 Å². The first-order chi connectivity index (χ1) is 15.1. The van der Waals surface area contributed by atoms with E-state index >= 15 is 0 Å². The molecule has 1 aliphatic heterocycles. The van der Waals surface area contributed by atoms with Crippen LogP contribution in [0.1, 0.15) is 37.6 Å². The van der Waals surface area contributed by atoms with Crippen molar-refractivity contribution in [3.63, 3.8) is 0 Å². The van der Waals surface area contributed by atoms with Crippen LogP contribution in [0.3, 0.4) is 0 Å². The molecule has 0 spiro atoms. The van der Waals surface area contributed by atoms with Crippen LogP contribution in [-0.2, 0) is 4.74 Å². The number of hydrogen-bond donors (Lipinski definition) is 4. The first kappa shape index (κ1) is 19.8. The van der Waals surface area contributed by atoms with Crippen molar-refractivity contribution in [3.8, 4) is 12.0 Å². The Bertz CT molecular complexity index is 1130. The van der Waals surface area contributed by atoms with Gasteiger partial charge in [0.15, 0.2) is 28.9 Å². The molecule has 3 aromatic rings. The number of nitrogens with zero attached hydrogens (tertiary/aromatic N) is 7. The molecule has 4 heterocycles. The van der Waals surface area contributed by atoms with Gasteiger partial charge in [-0.05, 0) is 18.9 Å². The molecule has 0 unspecified atom stereocenters. The predicted octanol–water partition coefficient (Wildman–Crippen LogP) is -0.150. The molecule has 12 heteroatoms. The van der Waals surface area contributed by atoms with Gasteiger partial charge in [-0.25, -0.2) is 9.67 Å². The molecule has 0 bridgehead atoms. The highest BCUT2D eigenvalue weighted by atomic mass is 16.6. The molecule has 0 amide bonds. The second kappa shape index (κ2) is 7.86. The standard InChI is InChI=1S/C19H22N8O4/c20-7-11-5-6-27(25-11)19-23-16(22-10-3-1-2-4-10)13-17(24-19)26(9-21-13)18-15(30)14(29)12(8-28)31-18/h5-6,9-10,12,14-15,18,28-30H,1-4,8H2,(H,22,23,24)/t12-,14-,15-,18-/m1/s1. The van der Waals surface area contributed by atoms with Crippen LogP contribution in [-0.4, -0.2) is 75.6 Å². The molecule has 1 saturated heterocycles. The highest BCUT2D eigenvalue weighted by Crippen LogP contribution is 2.33. The molecule has 3 aromatic heterocycles. The number of rotatable bonds is 5. The van der Waals surface area contributed by atoms with Crippen molar-refractivity contribution in [2.75, 3.05) is 11.9 Å². The van der Waals surface area contributed by atoms with E-state index in [1.807, 2.05) is 6.07 Å². The zero-order valence-electron chi connectivity index (χ0n) is 16.5. The molecular weight excluding hydrogens is 404 g/mol. The zero-order valence-corrected chi connectivity index (χ0v) is 16.5. The fourth-order valence-corrected chi connectivity index (χ4v) is 4.16. The van der Waals surface area contributed by atoms with Gasteiger partial charge in [-0.15, -0.1) is 0 Å². The molecule has 2 aliphatic rings. The average Bonchev–Trinajstić information content (AvgIpc) is 3.56. The molecule has 162 valence electrons. The van der Waals surface area contributed by atoms with E-state index in [1.165, 1.54) is 15.6 Å². The third-order valence-electron chi connectivity index (χ3n) is 5.81. The molecular formula is C19H22N8O4. The average molecular weight is 426 g/mol. The summed E-state index contributed by atoms with van der Waals surface area (Å²) < 4.78 is 8.56. The lowest BCUT2D eigenvalue weighted by molar-refractivity contribution is -0.0511. The maximum Gasteiger partial charge on any atom is 0.254 e. The lowest BCUT2D eigenvalue weighted by Crippen LogP contribution is -2.33. The highest BCUT2D eigenvalue weighted by Gasteiger charge is 2.44. The summed E-state index contributed by atoms with van der Waals surface area (Å²) in [4.78, 5) is 13.6. The van der Waals surface area contributed by atoms with Crippen LogP contribution in [0.15, 0.2) is 18.6 Å². The van der Waals surface area contributed by atoms with E-state index in [1.54, 1.807) is 12.3 Å². The van der Waals surface area contributed by atoms with Crippen molar-refractivity contribution in [2.24, 2.45) is 0 Å². The Kier molecular flexibility index (Phi) is 5.03. The lowest BCUT2D eigenvalue weighted by Gasteiger charge is -2.18. The molecule has 5 rings (SSSR count). The van der Waals surface area contributed by atoms with Gasteiger partial charge in [0.05, 0.1) is 12.9 Å². The monoisotopic (exact) mass is 426 g/mol. The Balaban J connectivity index is 1.61. The van der Waals surface area contributed by atoms with Crippen LogP contribution in [0, 0.1) is 11.3 Å². The highest BCUT2D eigenvalue weighted by molar-refractivity contribution is 5.84. The smallest absolute Gasteiger partial charge is 0.254 e. The Morgan fingerprint density at radius 2 is 2.03 bits per heavy atom. The third kappa shape index (κ3) is 3.41. The number of hydrogen-bond acceptors (Lipinski definition) is 10. The summed E-state index contributed by atoms with van der Waals surface area (Å²) in [6.07, 6.45) is 2.97. The third-order valence-corrected chi connectivity index (χ3v) is 5.81. The Hall–Kier alpha value is -3.11. The summed E-state index contributed by atoms with van der Waals surface area (Å²) in [5, 5.41) is 46.7. The van der Waals surface area contributed by atoms with Crippen LogP contribution in [0.4, 0.5) is 5.82 Å². The minimum Gasteiger partial charge on any atom is -0.394 e. The van der Waals surface area contributed by atoms with Crippen molar-refractivity contribution >= 4 is 17.0 Å². The number of aliphatic hydroxyl groups is 3. The van der Waals surface area contributed by atoms with Crippen LogP contribution in [0.2, 0.25) is 0 Å². The van der Waals surface area contributed by atoms with E-state index in [0.717, 1.165) is 25.7 Å². The summed E-state index contributed by atoms with van der Waals surface area (Å²) in [6, 6.07) is 3.79. The number of imidazole rings is 1. The van der Waals surface area contributed by atoms with E-state index in [4.69, 9.17) is 10.00 Å². The summed E-state index contributed by atoms with van der Waals surface area (Å²) >= 11 is 0. The summed E-state index contributed by atoms with van der Waals surface area (Å²) in [5.74, 6) is 0.745. The van der Waals surface area contributed by atoms with Gasteiger partial charge in [0.25, 0.3) is 5.95 Å². The number of ether oxygens (including phenoxy) is 1. The number of anilines is 1. The van der Waals surface area contributed by atoms with Gasteiger partial charge in [0, 0.05) is 12.2 Å². The zero-order chi connectivity index (χ0) is 21.5. The topological polar surface area (TPSA) is 167 Å². The summed E-state index contributed by atoms with van der Waals surface area (Å²) in [6.45, 7) is -0.430. The van der Waals surface area contributed by atoms with Gasteiger partial charge in [0.2, 0.25) is 0 Å². The van der Waals surface area contributed by atoms with Gasteiger partial charge in [-0.2, -0.15) is 20.3 Å². The largest absolute Gasteiger partial charge is 0.394 e. The van der Waals surface area contributed by atoms with Gasteiger partial charge in [-0.1, -0.05) is 12.8 Å². The molecule has 2 fully saturated rings. The molecule has 1 aliphatic carbocycles. The Labute approximate surface area is 176 Å². The SMILES string of the molecule is N#Cc1ccn(-c2nc(NC3CCCC3)c3ncn([C@@H]4O[C@H](CO)[C@@H](O)[C@H]4O)c3n2)n1. The molecule has 4 N–H and O–H groups in total. The Morgan fingerprint density at radius 1 is 1.23 bits per heavy atom. The van der Waals surface area contributed by atoms with E-state index < -0.39 is 31.1 Å². The normalized spacial score (nSPS) is 26.5. The van der Waals surface area contributed by atoms with E-state index in [-0.39, 0.29) is 17.7 Å². The van der Waals surface area contributed by atoms with Crippen LogP contribution < -0.4 is 5.32 Å². The van der Waals surface area contributed by atoms with Crippen molar-refractivity contribution in [2.45, 2.75) is 56.3 Å². The number of nitrogens with one attached hydrogen (secondary N) is 1. The summed E-state index contributed by atoms with van der Waals surface area (Å²) in [5.41, 5.74) is 1.08.